The average Bonchev–Trinajstić information content (AvgIpc) is 3.31. The Morgan fingerprint density at radius 1 is 1.06 bits per heavy atom. The molecule has 7 heteroatoms. The van der Waals surface area contributed by atoms with Crippen molar-refractivity contribution < 1.29 is 14.0 Å². The van der Waals surface area contributed by atoms with Gasteiger partial charge in [-0.05, 0) is 48.7 Å². The van der Waals surface area contributed by atoms with Crippen LogP contribution in [0.15, 0.2) is 66.1 Å². The number of halogens is 1. The summed E-state index contributed by atoms with van der Waals surface area (Å²) in [6.45, 7) is 1.95. The van der Waals surface area contributed by atoms with E-state index in [4.69, 9.17) is 0 Å². The molecule has 0 saturated heterocycles. The van der Waals surface area contributed by atoms with Crippen molar-refractivity contribution in [3.05, 3.63) is 83.1 Å². The zero-order chi connectivity index (χ0) is 23.9. The fourth-order valence-corrected chi connectivity index (χ4v) is 5.13. The van der Waals surface area contributed by atoms with Crippen LogP contribution in [0.4, 0.5) is 15.2 Å². The predicted molar refractivity (Wildman–Crippen MR) is 134 cm³/mol. The Labute approximate surface area is 203 Å². The topological polar surface area (TPSA) is 53.5 Å². The number of rotatable bonds is 7. The van der Waals surface area contributed by atoms with Crippen LogP contribution in [0, 0.1) is 5.82 Å². The van der Waals surface area contributed by atoms with Crippen molar-refractivity contribution in [2.24, 2.45) is 0 Å². The minimum atomic E-state index is -0.284. The van der Waals surface area contributed by atoms with E-state index in [0.29, 0.717) is 17.4 Å². The number of benzene rings is 2. The summed E-state index contributed by atoms with van der Waals surface area (Å²) in [6.07, 6.45) is 8.62. The van der Waals surface area contributed by atoms with Crippen LogP contribution in [0.25, 0.3) is 6.08 Å². The molecule has 4 rings (SSSR count). The molecule has 1 aliphatic carbocycles. The van der Waals surface area contributed by atoms with Gasteiger partial charge in [0.2, 0.25) is 11.8 Å². The number of carbonyl (C=O) groups excluding carboxylic acids is 2. The van der Waals surface area contributed by atoms with Crippen molar-refractivity contribution in [2.75, 3.05) is 4.90 Å². The van der Waals surface area contributed by atoms with Crippen molar-refractivity contribution in [1.29, 1.82) is 0 Å². The van der Waals surface area contributed by atoms with Gasteiger partial charge in [0.15, 0.2) is 5.13 Å². The van der Waals surface area contributed by atoms with Crippen molar-refractivity contribution >= 4 is 40.0 Å². The molecule has 0 bridgehead atoms. The Kier molecular flexibility index (Phi) is 7.85. The van der Waals surface area contributed by atoms with E-state index in [1.54, 1.807) is 29.2 Å². The summed E-state index contributed by atoms with van der Waals surface area (Å²) in [6, 6.07) is 15.9. The number of hydrogen-bond acceptors (Lipinski definition) is 4. The molecule has 0 atom stereocenters. The third-order valence-electron chi connectivity index (χ3n) is 5.99. The zero-order valence-electron chi connectivity index (χ0n) is 19.2. The summed E-state index contributed by atoms with van der Waals surface area (Å²) < 4.78 is 13.3. The summed E-state index contributed by atoms with van der Waals surface area (Å²) in [5.74, 6) is -0.499. The molecule has 2 aromatic carbocycles. The second kappa shape index (κ2) is 11.2. The molecule has 176 valence electrons. The monoisotopic (exact) mass is 477 g/mol. The summed E-state index contributed by atoms with van der Waals surface area (Å²) in [5.41, 5.74) is 2.28. The van der Waals surface area contributed by atoms with Crippen molar-refractivity contribution in [3.8, 4) is 0 Å². The van der Waals surface area contributed by atoms with Crippen LogP contribution >= 0.6 is 11.3 Å². The summed E-state index contributed by atoms with van der Waals surface area (Å²) in [7, 11) is 0. The molecule has 3 aromatic rings. The molecule has 0 spiro atoms. The Morgan fingerprint density at radius 2 is 1.76 bits per heavy atom. The van der Waals surface area contributed by atoms with Gasteiger partial charge in [0.25, 0.3) is 0 Å². The van der Waals surface area contributed by atoms with Gasteiger partial charge in [-0.25, -0.2) is 9.37 Å². The SMILES string of the molecule is CC(=O)N(c1ccccc1)c1nc(/C=C/C(=O)N(Cc2ccc(F)cc2)C2CCCCC2)cs1. The van der Waals surface area contributed by atoms with E-state index < -0.39 is 0 Å². The van der Waals surface area contributed by atoms with Crippen molar-refractivity contribution in [2.45, 2.75) is 51.6 Å². The third kappa shape index (κ3) is 5.97. The van der Waals surface area contributed by atoms with Gasteiger partial charge in [-0.1, -0.05) is 49.6 Å². The number of carbonyl (C=O) groups is 2. The first-order chi connectivity index (χ1) is 16.5. The van der Waals surface area contributed by atoms with E-state index in [9.17, 15) is 14.0 Å². The quantitative estimate of drug-likeness (QED) is 0.373. The van der Waals surface area contributed by atoms with Gasteiger partial charge in [-0.3, -0.25) is 14.5 Å². The van der Waals surface area contributed by atoms with Gasteiger partial charge < -0.3 is 4.90 Å². The average molecular weight is 478 g/mol. The highest BCUT2D eigenvalue weighted by Gasteiger charge is 2.24. The molecule has 1 aliphatic rings. The smallest absolute Gasteiger partial charge is 0.247 e. The lowest BCUT2D eigenvalue weighted by molar-refractivity contribution is -0.129. The zero-order valence-corrected chi connectivity index (χ0v) is 20.0. The number of hydrogen-bond donors (Lipinski definition) is 0. The molecule has 0 N–H and O–H groups in total. The second-order valence-corrected chi connectivity index (χ2v) is 9.30. The van der Waals surface area contributed by atoms with Gasteiger partial charge in [0, 0.05) is 31.0 Å². The number of thiazole rings is 1. The molecule has 1 fully saturated rings. The maximum absolute atomic E-state index is 13.3. The molecule has 34 heavy (non-hydrogen) atoms. The van der Waals surface area contributed by atoms with Crippen molar-refractivity contribution in [3.63, 3.8) is 0 Å². The van der Waals surface area contributed by atoms with E-state index in [0.717, 1.165) is 36.9 Å². The normalized spacial score (nSPS) is 14.3. The predicted octanol–water partition coefficient (Wildman–Crippen LogP) is 6.34. The van der Waals surface area contributed by atoms with E-state index in [-0.39, 0.29) is 23.7 Å². The van der Waals surface area contributed by atoms with E-state index in [1.807, 2.05) is 40.6 Å². The van der Waals surface area contributed by atoms with Crippen LogP contribution in [0.5, 0.6) is 0 Å². The van der Waals surface area contributed by atoms with Crippen LogP contribution in [0.2, 0.25) is 0 Å². The minimum absolute atomic E-state index is 0.0859. The summed E-state index contributed by atoms with van der Waals surface area (Å²) in [4.78, 5) is 33.5. The highest BCUT2D eigenvalue weighted by atomic mass is 32.1. The number of amides is 2. The second-order valence-electron chi connectivity index (χ2n) is 8.46. The van der Waals surface area contributed by atoms with Crippen LogP contribution < -0.4 is 4.90 Å². The minimum Gasteiger partial charge on any atom is -0.332 e. The van der Waals surface area contributed by atoms with Gasteiger partial charge >= 0.3 is 0 Å². The molecular weight excluding hydrogens is 449 g/mol. The Hall–Kier alpha value is -3.32. The highest BCUT2D eigenvalue weighted by molar-refractivity contribution is 7.14. The molecule has 0 unspecified atom stereocenters. The molecule has 5 nitrogen and oxygen atoms in total. The fraction of sp³-hybridized carbons (Fsp3) is 0.296. The fourth-order valence-electron chi connectivity index (χ4n) is 4.28. The largest absolute Gasteiger partial charge is 0.332 e. The molecule has 0 radical (unpaired) electrons. The first kappa shape index (κ1) is 23.8. The molecule has 1 saturated carbocycles. The van der Waals surface area contributed by atoms with Crippen LogP contribution in [-0.2, 0) is 16.1 Å². The molecule has 0 aliphatic heterocycles. The molecule has 1 heterocycles. The van der Waals surface area contributed by atoms with Gasteiger partial charge in [-0.2, -0.15) is 0 Å². The number of anilines is 2. The summed E-state index contributed by atoms with van der Waals surface area (Å²) >= 11 is 1.36. The Morgan fingerprint density at radius 3 is 2.44 bits per heavy atom. The lowest BCUT2D eigenvalue weighted by atomic mass is 9.93. The number of para-hydroxylation sites is 1. The first-order valence-corrected chi connectivity index (χ1v) is 12.4. The lowest BCUT2D eigenvalue weighted by Gasteiger charge is -2.34. The first-order valence-electron chi connectivity index (χ1n) is 11.6. The van der Waals surface area contributed by atoms with E-state index in [2.05, 4.69) is 4.98 Å². The molecule has 2 amide bonds. The van der Waals surface area contributed by atoms with Crippen LogP contribution in [0.1, 0.15) is 50.3 Å². The van der Waals surface area contributed by atoms with Crippen molar-refractivity contribution in [1.82, 2.24) is 9.88 Å². The van der Waals surface area contributed by atoms with Gasteiger partial charge in [0.1, 0.15) is 5.82 Å². The number of aromatic nitrogens is 1. The van der Waals surface area contributed by atoms with Crippen LogP contribution in [0.3, 0.4) is 0 Å². The molecular formula is C27H28FN3O2S. The Bertz CT molecular complexity index is 1140. The standard InChI is InChI=1S/C27H28FN3O2S/c1-20(32)31(25-10-6-3-7-11-25)27-29-23(19-34-27)16-17-26(33)30(24-8-4-2-5-9-24)18-21-12-14-22(28)15-13-21/h3,6-7,10-17,19,24H,2,4-5,8-9,18H2,1H3/b17-16+. The third-order valence-corrected chi connectivity index (χ3v) is 6.84. The number of nitrogens with zero attached hydrogens (tertiary/aromatic N) is 3. The summed E-state index contributed by atoms with van der Waals surface area (Å²) in [5, 5.41) is 2.39. The van der Waals surface area contributed by atoms with Gasteiger partial charge in [0.05, 0.1) is 11.4 Å². The highest BCUT2D eigenvalue weighted by Crippen LogP contribution is 2.29. The van der Waals surface area contributed by atoms with E-state index >= 15 is 0 Å². The molecule has 1 aromatic heterocycles. The van der Waals surface area contributed by atoms with E-state index in [1.165, 1.54) is 36.8 Å². The maximum Gasteiger partial charge on any atom is 0.247 e. The van der Waals surface area contributed by atoms with Gasteiger partial charge in [-0.15, -0.1) is 11.3 Å². The Balaban J connectivity index is 1.51. The maximum atomic E-state index is 13.3. The lowest BCUT2D eigenvalue weighted by Crippen LogP contribution is -2.40. The van der Waals surface area contributed by atoms with Crippen LogP contribution in [-0.4, -0.2) is 27.7 Å².